The molecule has 0 saturated carbocycles. The Morgan fingerprint density at radius 1 is 0.710 bits per heavy atom. The number of nitrogens with zero attached hydrogens (tertiary/aromatic N) is 1. The number of hydrogen-bond donors (Lipinski definition) is 7. The van der Waals surface area contributed by atoms with Crippen LogP contribution < -0.4 is 32.3 Å². The first kappa shape index (κ1) is 54.5. The third-order valence-electron chi connectivity index (χ3n) is 8.61. The van der Waals surface area contributed by atoms with Gasteiger partial charge in [-0.25, -0.2) is 4.98 Å². The summed E-state index contributed by atoms with van der Waals surface area (Å²) < 4.78 is 43.1. The Bertz CT molecular complexity index is 1430. The number of carbonyl (C=O) groups is 6. The molecule has 2 rings (SSSR count). The van der Waals surface area contributed by atoms with Gasteiger partial charge in [-0.3, -0.25) is 28.8 Å². The lowest BCUT2D eigenvalue weighted by atomic mass is 10.0. The molecule has 0 aliphatic carbocycles. The van der Waals surface area contributed by atoms with E-state index in [-0.39, 0.29) is 50.1 Å². The molecule has 8 N–H and O–H groups in total. The fourth-order valence-corrected chi connectivity index (χ4v) is 7.50. The smallest absolute Gasteiger partial charge is 0.244 e. The van der Waals surface area contributed by atoms with Crippen LogP contribution in [0.15, 0.2) is 12.5 Å². The highest BCUT2D eigenvalue weighted by Crippen LogP contribution is 2.23. The van der Waals surface area contributed by atoms with E-state index in [0.29, 0.717) is 85.0 Å². The van der Waals surface area contributed by atoms with Crippen molar-refractivity contribution in [2.45, 2.75) is 63.8 Å². The van der Waals surface area contributed by atoms with Gasteiger partial charge in [-0.1, -0.05) is 35.4 Å². The summed E-state index contributed by atoms with van der Waals surface area (Å²) in [4.78, 5) is 85.7. The molecule has 0 spiro atoms. The Balaban J connectivity index is 1.77. The number of H-pyrrole nitrogens is 1. The van der Waals surface area contributed by atoms with Crippen LogP contribution in [0.5, 0.6) is 0 Å². The van der Waals surface area contributed by atoms with E-state index in [0.717, 1.165) is 21.6 Å². The van der Waals surface area contributed by atoms with Crippen LogP contribution in [-0.4, -0.2) is 193 Å². The Morgan fingerprint density at radius 3 is 1.71 bits per heavy atom. The van der Waals surface area contributed by atoms with Gasteiger partial charge in [0.15, 0.2) is 0 Å². The second-order valence-electron chi connectivity index (χ2n) is 14.0. The SMILES string of the molecule is COCCOCCOCCOCCOCCOCCOCCOCCC(=O)NC1CSSCC(C(N)=O)NC(=O)C(C(C)C)NC(=O)C(C)NC(=O)C(Cc2cnc[nH]2)NC1=O. The molecule has 1 aromatic heterocycles. The Kier molecular flexibility index (Phi) is 29.8. The second kappa shape index (κ2) is 33.9. The number of rotatable bonds is 29. The first-order valence-electron chi connectivity index (χ1n) is 20.5. The van der Waals surface area contributed by atoms with Crippen LogP contribution >= 0.6 is 21.6 Å². The number of hydrogen-bond acceptors (Lipinski definition) is 17. The van der Waals surface area contributed by atoms with Gasteiger partial charge >= 0.3 is 0 Å². The zero-order valence-electron chi connectivity index (χ0n) is 36.1. The molecule has 0 radical (unpaired) electrons. The molecular formula is C38H66N8O14S2. The average molecular weight is 923 g/mol. The van der Waals surface area contributed by atoms with Crippen molar-refractivity contribution in [1.29, 1.82) is 0 Å². The molecular weight excluding hydrogens is 857 g/mol. The molecule has 2 heterocycles. The minimum absolute atomic E-state index is 0.0102. The minimum atomic E-state index is -1.18. The first-order chi connectivity index (χ1) is 29.9. The van der Waals surface area contributed by atoms with Crippen molar-refractivity contribution in [3.63, 3.8) is 0 Å². The summed E-state index contributed by atoms with van der Waals surface area (Å²) in [5.41, 5.74) is 6.10. The monoisotopic (exact) mass is 922 g/mol. The van der Waals surface area contributed by atoms with Gasteiger partial charge in [0, 0.05) is 43.3 Å². The molecule has 6 amide bonds. The van der Waals surface area contributed by atoms with Crippen molar-refractivity contribution < 1.29 is 66.7 Å². The van der Waals surface area contributed by atoms with Gasteiger partial charge in [0.05, 0.1) is 105 Å². The number of amides is 6. The van der Waals surface area contributed by atoms with E-state index in [2.05, 4.69) is 36.6 Å². The lowest BCUT2D eigenvalue weighted by molar-refractivity contribution is -0.135. The van der Waals surface area contributed by atoms with E-state index in [1.54, 1.807) is 21.0 Å². The van der Waals surface area contributed by atoms with E-state index in [1.807, 2.05) is 0 Å². The largest absolute Gasteiger partial charge is 0.382 e. The summed E-state index contributed by atoms with van der Waals surface area (Å²) in [6, 6.07) is -5.57. The summed E-state index contributed by atoms with van der Waals surface area (Å²) >= 11 is 0. The Hall–Kier alpha value is -3.59. The fourth-order valence-electron chi connectivity index (χ4n) is 5.16. The fraction of sp³-hybridized carbons (Fsp3) is 0.763. The summed E-state index contributed by atoms with van der Waals surface area (Å²) in [6.07, 6.45) is 2.82. The molecule has 24 heteroatoms. The second-order valence-corrected chi connectivity index (χ2v) is 16.5. The van der Waals surface area contributed by atoms with Crippen LogP contribution in [0.4, 0.5) is 0 Å². The Morgan fingerprint density at radius 2 is 1.23 bits per heavy atom. The van der Waals surface area contributed by atoms with Gasteiger partial charge < -0.3 is 75.2 Å². The highest BCUT2D eigenvalue weighted by molar-refractivity contribution is 8.76. The maximum absolute atomic E-state index is 13.7. The quantitative estimate of drug-likeness (QED) is 0.0341. The van der Waals surface area contributed by atoms with Crippen molar-refractivity contribution >= 4 is 57.0 Å². The van der Waals surface area contributed by atoms with Gasteiger partial charge in [-0.2, -0.15) is 0 Å². The lowest BCUT2D eigenvalue weighted by Gasteiger charge is -2.26. The van der Waals surface area contributed by atoms with Crippen LogP contribution in [-0.2, 0) is 73.1 Å². The molecule has 5 unspecified atom stereocenters. The number of primary amides is 1. The van der Waals surface area contributed by atoms with Gasteiger partial charge in [0.25, 0.3) is 0 Å². The predicted molar refractivity (Wildman–Crippen MR) is 229 cm³/mol. The molecule has 1 saturated heterocycles. The van der Waals surface area contributed by atoms with Crippen LogP contribution in [0.2, 0.25) is 0 Å². The molecule has 1 fully saturated rings. The summed E-state index contributed by atoms with van der Waals surface area (Å²) in [6.45, 7) is 10.9. The zero-order chi connectivity index (χ0) is 45.4. The number of ether oxygens (including phenoxy) is 8. The third-order valence-corrected chi connectivity index (χ3v) is 11.0. The number of nitrogens with two attached hydrogens (primary N) is 1. The van der Waals surface area contributed by atoms with Gasteiger partial charge in [0.1, 0.15) is 30.2 Å². The molecule has 354 valence electrons. The maximum Gasteiger partial charge on any atom is 0.244 e. The van der Waals surface area contributed by atoms with Crippen molar-refractivity contribution in [3.05, 3.63) is 18.2 Å². The molecule has 1 aliphatic rings. The number of aromatic amines is 1. The topological polar surface area (TPSA) is 291 Å². The van der Waals surface area contributed by atoms with Crippen LogP contribution in [0.25, 0.3) is 0 Å². The standard InChI is InChI=1S/C38H66N8O14S2/c1-26(2)33-38(52)45-30(34(39)48)23-61-62-24-31(37(51)44-29(21-28-22-40-25-41-28)36(50)42-27(3)35(49)46-33)43-32(47)5-6-54-9-10-56-13-14-58-17-18-60-20-19-59-16-15-57-12-11-55-8-7-53-4/h22,25-27,29-31,33H,5-21,23-24H2,1-4H3,(H2,39,48)(H,40,41)(H,42,50)(H,43,47)(H,44,51)(H,45,52)(H,46,49). The molecule has 0 aromatic carbocycles. The van der Waals surface area contributed by atoms with Crippen molar-refractivity contribution in [2.24, 2.45) is 11.7 Å². The highest BCUT2D eigenvalue weighted by Gasteiger charge is 2.33. The molecule has 5 atom stereocenters. The molecule has 0 bridgehead atoms. The number of aromatic nitrogens is 2. The van der Waals surface area contributed by atoms with Crippen molar-refractivity contribution in [2.75, 3.05) is 118 Å². The third kappa shape index (κ3) is 24.9. The van der Waals surface area contributed by atoms with E-state index >= 15 is 0 Å². The Labute approximate surface area is 370 Å². The maximum atomic E-state index is 13.7. The number of carbonyl (C=O) groups excluding carboxylic acids is 6. The average Bonchev–Trinajstić information content (AvgIpc) is 3.75. The predicted octanol–water partition coefficient (Wildman–Crippen LogP) is -1.91. The van der Waals surface area contributed by atoms with Crippen LogP contribution in [0.3, 0.4) is 0 Å². The van der Waals surface area contributed by atoms with Crippen molar-refractivity contribution in [1.82, 2.24) is 36.6 Å². The van der Waals surface area contributed by atoms with Gasteiger partial charge in [-0.05, 0) is 12.8 Å². The molecule has 1 aliphatic heterocycles. The number of imidazole rings is 1. The molecule has 62 heavy (non-hydrogen) atoms. The number of nitrogens with one attached hydrogen (secondary N) is 6. The highest BCUT2D eigenvalue weighted by atomic mass is 33.1. The lowest BCUT2D eigenvalue weighted by Crippen LogP contribution is -2.59. The number of methoxy groups -OCH3 is 1. The van der Waals surface area contributed by atoms with E-state index < -0.39 is 65.7 Å². The van der Waals surface area contributed by atoms with E-state index in [9.17, 15) is 28.8 Å². The van der Waals surface area contributed by atoms with Crippen molar-refractivity contribution in [3.8, 4) is 0 Å². The van der Waals surface area contributed by atoms with Crippen LogP contribution in [0, 0.1) is 5.92 Å². The summed E-state index contributed by atoms with van der Waals surface area (Å²) in [5, 5.41) is 13.2. The van der Waals surface area contributed by atoms with Gasteiger partial charge in [0.2, 0.25) is 35.4 Å². The molecule has 1 aromatic rings. The molecule has 22 nitrogen and oxygen atoms in total. The van der Waals surface area contributed by atoms with E-state index in [1.165, 1.54) is 19.4 Å². The first-order valence-corrected chi connectivity index (χ1v) is 23.0. The normalized spacial score (nSPS) is 20.8. The minimum Gasteiger partial charge on any atom is -0.382 e. The van der Waals surface area contributed by atoms with Crippen LogP contribution in [0.1, 0.15) is 32.9 Å². The zero-order valence-corrected chi connectivity index (χ0v) is 37.7. The summed E-state index contributed by atoms with van der Waals surface area (Å²) in [5.74, 6) is -4.26. The van der Waals surface area contributed by atoms with E-state index in [4.69, 9.17) is 43.6 Å². The summed E-state index contributed by atoms with van der Waals surface area (Å²) in [7, 11) is 3.92. The van der Waals surface area contributed by atoms with Gasteiger partial charge in [-0.15, -0.1) is 0 Å².